The van der Waals surface area contributed by atoms with E-state index in [9.17, 15) is 4.39 Å². The van der Waals surface area contributed by atoms with Gasteiger partial charge in [-0.1, -0.05) is 17.7 Å². The van der Waals surface area contributed by atoms with E-state index in [4.69, 9.17) is 11.6 Å². The van der Waals surface area contributed by atoms with Crippen LogP contribution in [-0.2, 0) is 0 Å². The van der Waals surface area contributed by atoms with Gasteiger partial charge in [-0.05, 0) is 31.5 Å². The molecule has 0 saturated heterocycles. The average Bonchev–Trinajstić information content (AvgIpc) is 2.24. The van der Waals surface area contributed by atoms with Gasteiger partial charge in [0.05, 0.1) is 0 Å². The Labute approximate surface area is 101 Å². The Balaban J connectivity index is 2.57. The predicted molar refractivity (Wildman–Crippen MR) is 65.9 cm³/mol. The highest BCUT2D eigenvalue weighted by molar-refractivity contribution is 6.31. The topological polar surface area (TPSA) is 12.0 Å². The second-order valence-electron chi connectivity index (χ2n) is 3.52. The van der Waals surface area contributed by atoms with E-state index < -0.39 is 0 Å². The molecule has 0 amide bonds. The van der Waals surface area contributed by atoms with Gasteiger partial charge in [-0.25, -0.2) is 4.39 Å². The first kappa shape index (κ1) is 13.0. The van der Waals surface area contributed by atoms with E-state index >= 15 is 0 Å². The molecule has 1 unspecified atom stereocenters. The highest BCUT2D eigenvalue weighted by Crippen LogP contribution is 2.23. The molecular formula is C13H15ClFN. The van der Waals surface area contributed by atoms with Gasteiger partial charge in [0.2, 0.25) is 0 Å². The highest BCUT2D eigenvalue weighted by atomic mass is 35.5. The third-order valence-electron chi connectivity index (χ3n) is 2.31. The van der Waals surface area contributed by atoms with Crippen molar-refractivity contribution in [3.63, 3.8) is 0 Å². The monoisotopic (exact) mass is 239 g/mol. The molecule has 1 atom stereocenters. The van der Waals surface area contributed by atoms with Crippen LogP contribution in [0.4, 0.5) is 4.39 Å². The van der Waals surface area contributed by atoms with Gasteiger partial charge in [0.15, 0.2) is 0 Å². The van der Waals surface area contributed by atoms with Gasteiger partial charge in [-0.3, -0.25) is 0 Å². The molecule has 0 aliphatic carbocycles. The smallest absolute Gasteiger partial charge is 0.124 e. The summed E-state index contributed by atoms with van der Waals surface area (Å²) < 4.78 is 12.8. The number of hydrogen-bond donors (Lipinski definition) is 1. The van der Waals surface area contributed by atoms with E-state index in [1.165, 1.54) is 12.1 Å². The van der Waals surface area contributed by atoms with E-state index in [0.717, 1.165) is 18.5 Å². The van der Waals surface area contributed by atoms with Gasteiger partial charge in [0.1, 0.15) is 5.82 Å². The normalized spacial score (nSPS) is 11.8. The molecule has 3 heteroatoms. The lowest BCUT2D eigenvalue weighted by molar-refractivity contribution is 0.580. The zero-order chi connectivity index (χ0) is 12.0. The van der Waals surface area contributed by atoms with Gasteiger partial charge in [0, 0.05) is 24.0 Å². The van der Waals surface area contributed by atoms with Crippen molar-refractivity contribution >= 4 is 11.6 Å². The maximum Gasteiger partial charge on any atom is 0.124 e. The maximum atomic E-state index is 12.8. The summed E-state index contributed by atoms with van der Waals surface area (Å²) in [6.45, 7) is 4.62. The zero-order valence-electron chi connectivity index (χ0n) is 9.48. The Morgan fingerprint density at radius 2 is 2.25 bits per heavy atom. The van der Waals surface area contributed by atoms with Gasteiger partial charge in [-0.15, -0.1) is 11.8 Å². The van der Waals surface area contributed by atoms with Crippen molar-refractivity contribution in [1.29, 1.82) is 0 Å². The van der Waals surface area contributed by atoms with Crippen LogP contribution in [0.5, 0.6) is 0 Å². The summed E-state index contributed by atoms with van der Waals surface area (Å²) in [7, 11) is 0. The minimum Gasteiger partial charge on any atom is -0.309 e. The lowest BCUT2D eigenvalue weighted by Gasteiger charge is -2.14. The van der Waals surface area contributed by atoms with Crippen LogP contribution < -0.4 is 5.32 Å². The van der Waals surface area contributed by atoms with Crippen molar-refractivity contribution in [2.24, 2.45) is 0 Å². The Morgan fingerprint density at radius 3 is 2.88 bits per heavy atom. The number of nitrogens with one attached hydrogen (secondary N) is 1. The number of rotatable bonds is 4. The lowest BCUT2D eigenvalue weighted by Crippen LogP contribution is -2.19. The van der Waals surface area contributed by atoms with Crippen LogP contribution in [-0.4, -0.2) is 6.54 Å². The van der Waals surface area contributed by atoms with Crippen molar-refractivity contribution in [2.75, 3.05) is 6.54 Å². The summed E-state index contributed by atoms with van der Waals surface area (Å²) in [5, 5.41) is 3.74. The van der Waals surface area contributed by atoms with Crippen molar-refractivity contribution in [3.05, 3.63) is 34.6 Å². The van der Waals surface area contributed by atoms with Gasteiger partial charge in [0.25, 0.3) is 0 Å². The molecule has 1 N–H and O–H groups in total. The summed E-state index contributed by atoms with van der Waals surface area (Å²) in [4.78, 5) is 0. The Hall–Kier alpha value is -1.04. The third-order valence-corrected chi connectivity index (χ3v) is 2.63. The molecule has 0 radical (unpaired) electrons. The van der Waals surface area contributed by atoms with Crippen LogP contribution in [0.15, 0.2) is 18.2 Å². The van der Waals surface area contributed by atoms with E-state index in [2.05, 4.69) is 17.2 Å². The largest absolute Gasteiger partial charge is 0.309 e. The molecule has 0 fully saturated rings. The van der Waals surface area contributed by atoms with Gasteiger partial charge >= 0.3 is 0 Å². The molecule has 1 aromatic carbocycles. The SMILES string of the molecule is CC#CCCNC(C)c1ccc(F)cc1Cl. The number of benzene rings is 1. The van der Waals surface area contributed by atoms with Crippen LogP contribution in [0.25, 0.3) is 0 Å². The van der Waals surface area contributed by atoms with Crippen molar-refractivity contribution in [1.82, 2.24) is 5.32 Å². The molecule has 0 bridgehead atoms. The molecule has 1 aromatic rings. The van der Waals surface area contributed by atoms with Crippen LogP contribution in [0.2, 0.25) is 5.02 Å². The number of hydrogen-bond acceptors (Lipinski definition) is 1. The summed E-state index contributed by atoms with van der Waals surface area (Å²) in [6, 6.07) is 4.57. The molecule has 16 heavy (non-hydrogen) atoms. The summed E-state index contributed by atoms with van der Waals surface area (Å²) in [6.07, 6.45) is 0.805. The first-order valence-corrected chi connectivity index (χ1v) is 5.61. The molecule has 0 aliphatic heterocycles. The summed E-state index contributed by atoms with van der Waals surface area (Å²) in [5.74, 6) is 5.50. The van der Waals surface area contributed by atoms with Gasteiger partial charge < -0.3 is 5.32 Å². The molecule has 0 saturated carbocycles. The first-order chi connectivity index (χ1) is 7.65. The average molecular weight is 240 g/mol. The van der Waals surface area contributed by atoms with Crippen LogP contribution in [0, 0.1) is 17.7 Å². The van der Waals surface area contributed by atoms with Crippen LogP contribution in [0.3, 0.4) is 0 Å². The minimum absolute atomic E-state index is 0.103. The first-order valence-electron chi connectivity index (χ1n) is 5.23. The lowest BCUT2D eigenvalue weighted by atomic mass is 10.1. The fraction of sp³-hybridized carbons (Fsp3) is 0.385. The summed E-state index contributed by atoms with van der Waals surface area (Å²) in [5.41, 5.74) is 0.910. The zero-order valence-corrected chi connectivity index (χ0v) is 10.2. The van der Waals surface area contributed by atoms with Gasteiger partial charge in [-0.2, -0.15) is 0 Å². The van der Waals surface area contributed by atoms with E-state index in [0.29, 0.717) is 5.02 Å². The second kappa shape index (κ2) is 6.52. The quantitative estimate of drug-likeness (QED) is 0.626. The van der Waals surface area contributed by atoms with Crippen molar-refractivity contribution in [2.45, 2.75) is 26.3 Å². The minimum atomic E-state index is -0.308. The third kappa shape index (κ3) is 3.84. The molecule has 1 rings (SSSR count). The molecule has 0 heterocycles. The van der Waals surface area contributed by atoms with Crippen molar-refractivity contribution in [3.8, 4) is 11.8 Å². The van der Waals surface area contributed by atoms with E-state index in [-0.39, 0.29) is 11.9 Å². The van der Waals surface area contributed by atoms with Crippen LogP contribution in [0.1, 0.15) is 31.9 Å². The van der Waals surface area contributed by atoms with Crippen molar-refractivity contribution < 1.29 is 4.39 Å². The molecule has 86 valence electrons. The predicted octanol–water partition coefficient (Wildman–Crippen LogP) is 3.54. The Kier molecular flexibility index (Phi) is 5.31. The molecule has 0 aromatic heterocycles. The van der Waals surface area contributed by atoms with Crippen LogP contribution >= 0.6 is 11.6 Å². The number of halogens is 2. The van der Waals surface area contributed by atoms with E-state index in [1.807, 2.05) is 13.8 Å². The van der Waals surface area contributed by atoms with E-state index in [1.54, 1.807) is 6.07 Å². The fourth-order valence-electron chi connectivity index (χ4n) is 1.44. The molecule has 0 spiro atoms. The Bertz CT molecular complexity index is 406. The molecule has 0 aliphatic rings. The summed E-state index contributed by atoms with van der Waals surface area (Å²) >= 11 is 5.96. The molecular weight excluding hydrogens is 225 g/mol. The fourth-order valence-corrected chi connectivity index (χ4v) is 1.77. The maximum absolute atomic E-state index is 12.8. The second-order valence-corrected chi connectivity index (χ2v) is 3.93. The highest BCUT2D eigenvalue weighted by Gasteiger charge is 2.09. The standard InChI is InChI=1S/C13H15ClFN/c1-3-4-5-8-16-10(2)12-7-6-11(15)9-13(12)14/h6-7,9-10,16H,5,8H2,1-2H3. The Morgan fingerprint density at radius 1 is 1.50 bits per heavy atom. The molecule has 1 nitrogen and oxygen atoms in total.